The lowest BCUT2D eigenvalue weighted by Crippen LogP contribution is -2.56. The Morgan fingerprint density at radius 1 is 0.364 bits per heavy atom. The first-order valence-corrected chi connectivity index (χ1v) is 19.2. The highest BCUT2D eigenvalue weighted by Crippen LogP contribution is 2.23. The molecule has 0 aliphatic heterocycles. The summed E-state index contributed by atoms with van der Waals surface area (Å²) in [5, 5.41) is 0. The normalized spacial score (nSPS) is 11.0. The largest absolute Gasteiger partial charge is 0.463 e. The highest BCUT2D eigenvalue weighted by molar-refractivity contribution is 5.85. The number of carbonyl (C=O) groups is 9. The Balaban J connectivity index is 3.64. The molecule has 0 aromatic carbocycles. The molecule has 0 aliphatic carbocycles. The van der Waals surface area contributed by atoms with Crippen molar-refractivity contribution in [3.05, 3.63) is 107 Å². The zero-order valence-electron chi connectivity index (χ0n) is 36.6. The molecule has 360 valence electrons. The van der Waals surface area contributed by atoms with Crippen LogP contribution in [0, 0.1) is 16.2 Å². The van der Waals surface area contributed by atoms with Gasteiger partial charge < -0.3 is 42.6 Å². The lowest BCUT2D eigenvalue weighted by molar-refractivity contribution is -0.170. The van der Waals surface area contributed by atoms with Crippen molar-refractivity contribution in [3.8, 4) is 0 Å². The van der Waals surface area contributed by atoms with Crippen LogP contribution in [0.2, 0.25) is 0 Å². The number of hydrogen-bond acceptors (Lipinski definition) is 21. The Morgan fingerprint density at radius 3 is 0.682 bits per heavy atom. The molecule has 0 N–H and O–H groups in total. The molecule has 0 fully saturated rings. The van der Waals surface area contributed by atoms with Gasteiger partial charge in [-0.15, -0.1) is 0 Å². The van der Waals surface area contributed by atoms with E-state index in [1.54, 1.807) is 0 Å². The van der Waals surface area contributed by atoms with Crippen LogP contribution in [0.15, 0.2) is 90.3 Å². The van der Waals surface area contributed by atoms with Crippen molar-refractivity contribution in [3.63, 3.8) is 0 Å². The van der Waals surface area contributed by atoms with E-state index in [9.17, 15) is 57.5 Å². The molecule has 1 heterocycles. The van der Waals surface area contributed by atoms with E-state index in [0.29, 0.717) is 13.7 Å². The van der Waals surface area contributed by atoms with Gasteiger partial charge in [0.1, 0.15) is 75.7 Å². The summed E-state index contributed by atoms with van der Waals surface area (Å²) in [5.74, 6) is -9.07. The smallest absolute Gasteiger partial charge is 0.336 e. The fourth-order valence-electron chi connectivity index (χ4n) is 4.68. The number of ether oxygens (including phenoxy) is 9. The van der Waals surface area contributed by atoms with Crippen LogP contribution in [-0.2, 0) is 105 Å². The van der Waals surface area contributed by atoms with Crippen LogP contribution in [-0.4, -0.2) is 127 Å². The molecule has 24 heteroatoms. The van der Waals surface area contributed by atoms with Crippen LogP contribution in [0.25, 0.3) is 0 Å². The van der Waals surface area contributed by atoms with Crippen molar-refractivity contribution in [2.24, 2.45) is 16.2 Å². The van der Waals surface area contributed by atoms with E-state index in [-0.39, 0.29) is 0 Å². The quantitative estimate of drug-likeness (QED) is 0.0518. The molecule has 0 amide bonds. The molecule has 24 nitrogen and oxygen atoms in total. The molecular formula is C42H51N3O21. The van der Waals surface area contributed by atoms with Gasteiger partial charge in [-0.2, -0.15) is 0 Å². The summed E-state index contributed by atoms with van der Waals surface area (Å²) in [6.07, 6.45) is 4.81. The number of rotatable bonds is 30. The molecule has 0 aliphatic rings. The second-order valence-corrected chi connectivity index (χ2v) is 14.3. The van der Waals surface area contributed by atoms with Crippen LogP contribution in [0.1, 0.15) is 20.8 Å². The Bertz CT molecular complexity index is 1910. The van der Waals surface area contributed by atoms with E-state index in [2.05, 4.69) is 39.5 Å². The Morgan fingerprint density at radius 2 is 0.530 bits per heavy atom. The van der Waals surface area contributed by atoms with Crippen molar-refractivity contribution in [1.29, 1.82) is 0 Å². The molecule has 0 saturated carbocycles. The summed E-state index contributed by atoms with van der Waals surface area (Å²) < 4.78 is 46.9. The SMILES string of the molecule is C=CC(=O)OCC(C)(COC(=O)C=C)C(=O)OCCn1c(=O)n(CCOC(=O)C(C)(COC(=O)C=C)COC(=O)C=C)c(=O)n(CCOC(=O)C(C)(COC(=O)C=C)COC(=O)C=C)c1=O. The molecule has 1 rings (SSSR count). The topological polar surface area (TPSA) is 303 Å². The minimum absolute atomic E-state index is 0.437. The first-order valence-electron chi connectivity index (χ1n) is 19.2. The average Bonchev–Trinajstić information content (AvgIpc) is 3.31. The van der Waals surface area contributed by atoms with Crippen LogP contribution >= 0.6 is 0 Å². The van der Waals surface area contributed by atoms with Gasteiger partial charge in [-0.1, -0.05) is 39.5 Å². The van der Waals surface area contributed by atoms with Crippen LogP contribution in [0.5, 0.6) is 0 Å². The van der Waals surface area contributed by atoms with Crippen molar-refractivity contribution >= 4 is 53.7 Å². The van der Waals surface area contributed by atoms with E-state index in [0.717, 1.165) is 36.5 Å². The number of hydrogen-bond donors (Lipinski definition) is 0. The van der Waals surface area contributed by atoms with Gasteiger partial charge in [0, 0.05) is 36.5 Å². The van der Waals surface area contributed by atoms with Crippen molar-refractivity contribution < 1.29 is 85.8 Å². The van der Waals surface area contributed by atoms with Gasteiger partial charge >= 0.3 is 70.8 Å². The minimum Gasteiger partial charge on any atom is -0.463 e. The maximum atomic E-state index is 13.7. The summed E-state index contributed by atoms with van der Waals surface area (Å²) in [6, 6.07) is 0. The Labute approximate surface area is 376 Å². The second-order valence-electron chi connectivity index (χ2n) is 14.3. The zero-order chi connectivity index (χ0) is 50.3. The molecule has 0 bridgehead atoms. The van der Waals surface area contributed by atoms with Crippen LogP contribution < -0.4 is 17.1 Å². The van der Waals surface area contributed by atoms with Gasteiger partial charge in [0.15, 0.2) is 0 Å². The first-order chi connectivity index (χ1) is 31.0. The minimum atomic E-state index is -1.85. The third kappa shape index (κ3) is 17.0. The van der Waals surface area contributed by atoms with E-state index >= 15 is 0 Å². The lowest BCUT2D eigenvalue weighted by atomic mass is 9.93. The van der Waals surface area contributed by atoms with E-state index in [4.69, 9.17) is 42.6 Å². The molecule has 0 unspecified atom stereocenters. The second kappa shape index (κ2) is 26.6. The number of carbonyl (C=O) groups excluding carboxylic acids is 9. The summed E-state index contributed by atoms with van der Waals surface area (Å²) in [4.78, 5) is 152. The van der Waals surface area contributed by atoms with Gasteiger partial charge in [-0.25, -0.2) is 56.9 Å². The molecule has 0 atom stereocenters. The predicted octanol–water partition coefficient (Wildman–Crippen LogP) is -0.805. The van der Waals surface area contributed by atoms with Crippen molar-refractivity contribution in [1.82, 2.24) is 13.7 Å². The summed E-state index contributed by atoms with van der Waals surface area (Å²) in [6.45, 7) is 14.4. The fraction of sp³-hybridized carbons (Fsp3) is 0.429. The number of nitrogens with zero attached hydrogens (tertiary/aromatic N) is 3. The molecule has 0 saturated heterocycles. The summed E-state index contributed by atoms with van der Waals surface area (Å²) in [5.41, 5.74) is -9.51. The first kappa shape index (κ1) is 56.1. The standard InChI is InChI=1S/C42H51N3O21/c1-10-28(46)61-22-40(7,23-62-29(47)11-2)34(52)58-19-16-43-37(55)44(17-20-59-35(53)41(8,24-63-30(48)12-3)25-64-31(49)13-4)39(57)45(38(43)56)18-21-60-36(54)42(9,26-65-32(50)14-5)27-66-33(51)15-6/h10-15H,1-6,16-27H2,7-9H3. The predicted molar refractivity (Wildman–Crippen MR) is 223 cm³/mol. The molecule has 0 spiro atoms. The van der Waals surface area contributed by atoms with Gasteiger partial charge in [0.2, 0.25) is 0 Å². The fourth-order valence-corrected chi connectivity index (χ4v) is 4.68. The average molecular weight is 934 g/mol. The lowest BCUT2D eigenvalue weighted by Gasteiger charge is -2.26. The van der Waals surface area contributed by atoms with E-state index in [1.807, 2.05) is 0 Å². The van der Waals surface area contributed by atoms with E-state index in [1.165, 1.54) is 20.8 Å². The summed E-state index contributed by atoms with van der Waals surface area (Å²) in [7, 11) is 0. The summed E-state index contributed by atoms with van der Waals surface area (Å²) >= 11 is 0. The van der Waals surface area contributed by atoms with Gasteiger partial charge in [-0.3, -0.25) is 14.4 Å². The number of aromatic nitrogens is 3. The van der Waals surface area contributed by atoms with Crippen LogP contribution in [0.4, 0.5) is 0 Å². The van der Waals surface area contributed by atoms with Crippen LogP contribution in [0.3, 0.4) is 0 Å². The highest BCUT2D eigenvalue weighted by atomic mass is 16.6. The third-order valence-electron chi connectivity index (χ3n) is 8.71. The molecule has 0 radical (unpaired) electrons. The highest BCUT2D eigenvalue weighted by Gasteiger charge is 2.41. The Hall–Kier alpha value is -7.92. The van der Waals surface area contributed by atoms with Gasteiger partial charge in [0.25, 0.3) is 0 Å². The molecule has 66 heavy (non-hydrogen) atoms. The third-order valence-corrected chi connectivity index (χ3v) is 8.71. The zero-order valence-corrected chi connectivity index (χ0v) is 36.6. The maximum Gasteiger partial charge on any atom is 0.336 e. The van der Waals surface area contributed by atoms with Gasteiger partial charge in [0.05, 0.1) is 19.6 Å². The number of esters is 9. The van der Waals surface area contributed by atoms with Crippen molar-refractivity contribution in [2.45, 2.75) is 40.4 Å². The van der Waals surface area contributed by atoms with E-state index < -0.39 is 166 Å². The molecule has 1 aromatic heterocycles. The van der Waals surface area contributed by atoms with Crippen molar-refractivity contribution in [2.75, 3.05) is 59.5 Å². The maximum absolute atomic E-state index is 13.7. The molecule has 1 aromatic rings. The Kier molecular flexibility index (Phi) is 22.6. The molecular weight excluding hydrogens is 882 g/mol. The monoisotopic (exact) mass is 933 g/mol. The van der Waals surface area contributed by atoms with Gasteiger partial charge in [-0.05, 0) is 20.8 Å².